The fourth-order valence-electron chi connectivity index (χ4n) is 3.70. The van der Waals surface area contributed by atoms with Crippen LogP contribution in [0.5, 0.6) is 0 Å². The van der Waals surface area contributed by atoms with Crippen molar-refractivity contribution in [1.29, 1.82) is 0 Å². The van der Waals surface area contributed by atoms with Gasteiger partial charge in [-0.1, -0.05) is 19.1 Å². The summed E-state index contributed by atoms with van der Waals surface area (Å²) in [7, 11) is 0. The first-order chi connectivity index (χ1) is 12.2. The number of amides is 1. The zero-order valence-corrected chi connectivity index (χ0v) is 15.1. The van der Waals surface area contributed by atoms with E-state index in [1.54, 1.807) is 0 Å². The van der Waals surface area contributed by atoms with Crippen LogP contribution in [0.1, 0.15) is 38.2 Å². The van der Waals surface area contributed by atoms with Crippen molar-refractivity contribution in [3.8, 4) is 0 Å². The van der Waals surface area contributed by atoms with Crippen LogP contribution in [0.4, 0.5) is 5.69 Å². The van der Waals surface area contributed by atoms with Crippen molar-refractivity contribution < 1.29 is 4.79 Å². The summed E-state index contributed by atoms with van der Waals surface area (Å²) >= 11 is 0. The molecule has 2 saturated heterocycles. The van der Waals surface area contributed by atoms with Gasteiger partial charge in [0.1, 0.15) is 0 Å². The number of likely N-dealkylation sites (tertiary alicyclic amines) is 1. The third-order valence-corrected chi connectivity index (χ3v) is 5.18. The van der Waals surface area contributed by atoms with Gasteiger partial charge < -0.3 is 16.0 Å². The highest BCUT2D eigenvalue weighted by Gasteiger charge is 2.22. The average molecular weight is 343 g/mol. The first-order valence-corrected chi connectivity index (χ1v) is 9.34. The van der Waals surface area contributed by atoms with Crippen LogP contribution in [0.3, 0.4) is 0 Å². The van der Waals surface area contributed by atoms with Crippen molar-refractivity contribution >= 4 is 17.6 Å². The van der Waals surface area contributed by atoms with Gasteiger partial charge in [-0.2, -0.15) is 0 Å². The van der Waals surface area contributed by atoms with Crippen LogP contribution in [-0.4, -0.2) is 49.0 Å². The van der Waals surface area contributed by atoms with Crippen molar-refractivity contribution in [2.45, 2.75) is 45.2 Å². The Kier molecular flexibility index (Phi) is 5.91. The van der Waals surface area contributed by atoms with E-state index in [1.165, 1.54) is 19.4 Å². The van der Waals surface area contributed by atoms with E-state index in [2.05, 4.69) is 22.1 Å². The Hall–Kier alpha value is -2.08. The molecule has 6 heteroatoms. The molecule has 1 aromatic rings. The number of anilines is 1. The van der Waals surface area contributed by atoms with Crippen molar-refractivity contribution in [3.05, 3.63) is 29.8 Å². The molecule has 3 rings (SSSR count). The van der Waals surface area contributed by atoms with Gasteiger partial charge in [-0.3, -0.25) is 9.69 Å². The number of benzene rings is 1. The quantitative estimate of drug-likeness (QED) is 0.609. The molecule has 6 nitrogen and oxygen atoms in total. The number of carbonyl (C=O) groups excluding carboxylic acids is 1. The fourth-order valence-corrected chi connectivity index (χ4v) is 3.70. The molecule has 1 aromatic carbocycles. The molecule has 2 aliphatic rings. The zero-order chi connectivity index (χ0) is 17.6. The molecule has 2 aliphatic heterocycles. The van der Waals surface area contributed by atoms with Crippen LogP contribution < -0.4 is 16.0 Å². The van der Waals surface area contributed by atoms with Crippen LogP contribution in [0.15, 0.2) is 29.3 Å². The number of hydrogen-bond acceptors (Lipinski definition) is 3. The van der Waals surface area contributed by atoms with Gasteiger partial charge in [-0.05, 0) is 50.0 Å². The van der Waals surface area contributed by atoms with Crippen molar-refractivity contribution in [1.82, 2.24) is 10.2 Å². The number of aliphatic imine (C=N–C) groups is 1. The molecule has 25 heavy (non-hydrogen) atoms. The summed E-state index contributed by atoms with van der Waals surface area (Å²) in [4.78, 5) is 20.5. The van der Waals surface area contributed by atoms with Crippen LogP contribution in [0, 0.1) is 0 Å². The Morgan fingerprint density at radius 1 is 1.28 bits per heavy atom. The summed E-state index contributed by atoms with van der Waals surface area (Å²) in [6, 6.07) is 8.60. The van der Waals surface area contributed by atoms with Gasteiger partial charge in [-0.25, -0.2) is 4.99 Å². The summed E-state index contributed by atoms with van der Waals surface area (Å²) in [5.74, 6) is 0.717. The molecular weight excluding hydrogens is 314 g/mol. The van der Waals surface area contributed by atoms with Gasteiger partial charge in [0.15, 0.2) is 5.96 Å². The SMILES string of the molecule is CCN1CCCC1CNC(N)=NCc1ccc(N2CCCC2=O)cc1. The molecule has 0 aromatic heterocycles. The molecule has 1 atom stereocenters. The Bertz CT molecular complexity index is 613. The van der Waals surface area contributed by atoms with Crippen molar-refractivity contribution in [2.24, 2.45) is 10.7 Å². The van der Waals surface area contributed by atoms with Gasteiger partial charge in [0.2, 0.25) is 5.91 Å². The molecule has 3 N–H and O–H groups in total. The van der Waals surface area contributed by atoms with E-state index in [0.29, 0.717) is 25.0 Å². The second-order valence-electron chi connectivity index (χ2n) is 6.82. The number of nitrogens with one attached hydrogen (secondary N) is 1. The van der Waals surface area contributed by atoms with Gasteiger partial charge in [0.05, 0.1) is 6.54 Å². The Morgan fingerprint density at radius 2 is 2.08 bits per heavy atom. The summed E-state index contributed by atoms with van der Waals surface area (Å²) in [6.07, 6.45) is 4.10. The lowest BCUT2D eigenvalue weighted by molar-refractivity contribution is -0.117. The third kappa shape index (κ3) is 4.51. The average Bonchev–Trinajstić information content (AvgIpc) is 3.27. The largest absolute Gasteiger partial charge is 0.370 e. The Balaban J connectivity index is 1.48. The van der Waals surface area contributed by atoms with E-state index < -0.39 is 0 Å². The lowest BCUT2D eigenvalue weighted by atomic mass is 10.2. The maximum Gasteiger partial charge on any atom is 0.227 e. The van der Waals surface area contributed by atoms with Crippen molar-refractivity contribution in [3.63, 3.8) is 0 Å². The standard InChI is InChI=1S/C19H29N5O/c1-2-23-11-3-5-17(23)14-22-19(20)21-13-15-7-9-16(10-8-15)24-12-4-6-18(24)25/h7-10,17H,2-6,11-14H2,1H3,(H3,20,21,22). The van der Waals surface area contributed by atoms with E-state index in [-0.39, 0.29) is 5.91 Å². The molecule has 2 fully saturated rings. The molecule has 2 heterocycles. The predicted octanol–water partition coefficient (Wildman–Crippen LogP) is 1.70. The monoisotopic (exact) mass is 343 g/mol. The van der Waals surface area contributed by atoms with Crippen LogP contribution >= 0.6 is 0 Å². The number of guanidine groups is 1. The molecule has 1 unspecified atom stereocenters. The van der Waals surface area contributed by atoms with Gasteiger partial charge in [-0.15, -0.1) is 0 Å². The topological polar surface area (TPSA) is 74.0 Å². The van der Waals surface area contributed by atoms with E-state index in [0.717, 1.165) is 37.3 Å². The lowest BCUT2D eigenvalue weighted by Crippen LogP contribution is -2.42. The first kappa shape index (κ1) is 17.7. The predicted molar refractivity (Wildman–Crippen MR) is 102 cm³/mol. The minimum atomic E-state index is 0.215. The minimum absolute atomic E-state index is 0.215. The second kappa shape index (κ2) is 8.34. The zero-order valence-electron chi connectivity index (χ0n) is 15.1. The highest BCUT2D eigenvalue weighted by atomic mass is 16.2. The smallest absolute Gasteiger partial charge is 0.227 e. The minimum Gasteiger partial charge on any atom is -0.370 e. The highest BCUT2D eigenvalue weighted by Crippen LogP contribution is 2.21. The van der Waals surface area contributed by atoms with Crippen LogP contribution in [0.25, 0.3) is 0 Å². The molecule has 0 saturated carbocycles. The number of carbonyl (C=O) groups is 1. The fraction of sp³-hybridized carbons (Fsp3) is 0.579. The van der Waals surface area contributed by atoms with E-state index in [1.807, 2.05) is 29.2 Å². The number of nitrogens with two attached hydrogens (primary N) is 1. The molecule has 0 spiro atoms. The maximum atomic E-state index is 11.8. The summed E-state index contributed by atoms with van der Waals surface area (Å²) in [5, 5.41) is 3.25. The maximum absolute atomic E-state index is 11.8. The summed E-state index contributed by atoms with van der Waals surface area (Å²) < 4.78 is 0. The molecule has 1 amide bonds. The van der Waals surface area contributed by atoms with E-state index >= 15 is 0 Å². The second-order valence-corrected chi connectivity index (χ2v) is 6.82. The molecule has 0 aliphatic carbocycles. The van der Waals surface area contributed by atoms with Crippen molar-refractivity contribution in [2.75, 3.05) is 31.1 Å². The molecule has 0 bridgehead atoms. The van der Waals surface area contributed by atoms with Gasteiger partial charge in [0, 0.05) is 31.2 Å². The third-order valence-electron chi connectivity index (χ3n) is 5.18. The normalized spacial score (nSPS) is 22.0. The Morgan fingerprint density at radius 3 is 2.76 bits per heavy atom. The first-order valence-electron chi connectivity index (χ1n) is 9.34. The number of hydrogen-bond donors (Lipinski definition) is 2. The lowest BCUT2D eigenvalue weighted by Gasteiger charge is -2.23. The number of likely N-dealkylation sites (N-methyl/N-ethyl adjacent to an activating group) is 1. The van der Waals surface area contributed by atoms with Crippen LogP contribution in [-0.2, 0) is 11.3 Å². The molecular formula is C19H29N5O. The molecule has 136 valence electrons. The Labute approximate surface area is 150 Å². The molecule has 0 radical (unpaired) electrons. The summed E-state index contributed by atoms with van der Waals surface area (Å²) in [5.41, 5.74) is 8.07. The summed E-state index contributed by atoms with van der Waals surface area (Å²) in [6.45, 7) is 6.72. The number of rotatable bonds is 6. The highest BCUT2D eigenvalue weighted by molar-refractivity contribution is 5.95. The van der Waals surface area contributed by atoms with Gasteiger partial charge >= 0.3 is 0 Å². The van der Waals surface area contributed by atoms with Gasteiger partial charge in [0.25, 0.3) is 0 Å². The number of nitrogens with zero attached hydrogens (tertiary/aromatic N) is 3. The van der Waals surface area contributed by atoms with E-state index in [4.69, 9.17) is 5.73 Å². The van der Waals surface area contributed by atoms with E-state index in [9.17, 15) is 4.79 Å². The van der Waals surface area contributed by atoms with Crippen LogP contribution in [0.2, 0.25) is 0 Å².